The van der Waals surface area contributed by atoms with Gasteiger partial charge in [-0.2, -0.15) is 0 Å². The summed E-state index contributed by atoms with van der Waals surface area (Å²) in [5.74, 6) is 0. The lowest BCUT2D eigenvalue weighted by Crippen LogP contribution is -1.86. The van der Waals surface area contributed by atoms with Crippen LogP contribution in [0.25, 0.3) is 17.0 Å². The van der Waals surface area contributed by atoms with E-state index < -0.39 is 4.92 Å². The minimum absolute atomic E-state index is 0.469. The molecule has 2 aromatic rings. The molecule has 0 bridgehead atoms. The largest absolute Gasteiger partial charge is 0.355 e. The summed E-state index contributed by atoms with van der Waals surface area (Å²) < 4.78 is 0. The predicted octanol–water partition coefficient (Wildman–Crippen LogP) is 3.14. The van der Waals surface area contributed by atoms with Gasteiger partial charge in [0.2, 0.25) is 6.20 Å². The molecule has 4 nitrogen and oxygen atoms in total. The van der Waals surface area contributed by atoms with Crippen molar-refractivity contribution in [2.75, 3.05) is 0 Å². The minimum atomic E-state index is -0.469. The second-order valence-electron chi connectivity index (χ2n) is 3.66. The third-order valence-corrected chi connectivity index (χ3v) is 2.56. The van der Waals surface area contributed by atoms with Crippen molar-refractivity contribution in [3.05, 3.63) is 64.5 Å². The highest BCUT2D eigenvalue weighted by atomic mass is 16.6. The molecule has 0 saturated heterocycles. The zero-order valence-corrected chi connectivity index (χ0v) is 9.22. The maximum absolute atomic E-state index is 10.3. The summed E-state index contributed by atoms with van der Waals surface area (Å²) in [6.07, 6.45) is 4.90. The molecule has 0 spiro atoms. The number of hydrogen-bond acceptors (Lipinski definition) is 2. The quantitative estimate of drug-likeness (QED) is 0.496. The summed E-state index contributed by atoms with van der Waals surface area (Å²) in [5, 5.41) is 11.4. The fourth-order valence-corrected chi connectivity index (χ4v) is 1.86. The van der Waals surface area contributed by atoms with E-state index in [-0.39, 0.29) is 0 Å². The molecule has 1 aromatic carbocycles. The van der Waals surface area contributed by atoms with Gasteiger partial charge >= 0.3 is 0 Å². The first-order chi connectivity index (χ1) is 8.22. The first-order valence-corrected chi connectivity index (χ1v) is 5.24. The molecule has 0 unspecified atom stereocenters. The molecule has 0 atom stereocenters. The SMILES string of the molecule is C=CCc1c(/C=C/[N+](=O)[O-])[nH]c2ccccc12. The standard InChI is InChI=1S/C13H12N2O2/c1-2-5-10-11-6-3-4-7-12(11)14-13(10)8-9-15(16)17/h2-4,6-9,14H,1,5H2/b9-8+. The van der Waals surface area contributed by atoms with E-state index in [0.717, 1.165) is 28.4 Å². The van der Waals surface area contributed by atoms with Crippen molar-refractivity contribution in [2.24, 2.45) is 0 Å². The highest BCUT2D eigenvalue weighted by molar-refractivity contribution is 5.87. The fourth-order valence-electron chi connectivity index (χ4n) is 1.86. The molecule has 4 heteroatoms. The van der Waals surface area contributed by atoms with Gasteiger partial charge in [0.1, 0.15) is 0 Å². The summed E-state index contributed by atoms with van der Waals surface area (Å²) in [4.78, 5) is 13.0. The van der Waals surface area contributed by atoms with Crippen molar-refractivity contribution in [3.63, 3.8) is 0 Å². The number of aromatic nitrogens is 1. The monoisotopic (exact) mass is 228 g/mol. The number of H-pyrrole nitrogens is 1. The molecular formula is C13H12N2O2. The van der Waals surface area contributed by atoms with Crippen molar-refractivity contribution in [2.45, 2.75) is 6.42 Å². The third-order valence-electron chi connectivity index (χ3n) is 2.56. The lowest BCUT2D eigenvalue weighted by molar-refractivity contribution is -0.401. The Kier molecular flexibility index (Phi) is 3.05. The molecular weight excluding hydrogens is 216 g/mol. The highest BCUT2D eigenvalue weighted by Gasteiger charge is 2.08. The molecule has 0 saturated carbocycles. The molecule has 17 heavy (non-hydrogen) atoms. The normalized spacial score (nSPS) is 11.1. The van der Waals surface area contributed by atoms with Crippen LogP contribution in [-0.2, 0) is 6.42 Å². The van der Waals surface area contributed by atoms with Crippen LogP contribution in [0.3, 0.4) is 0 Å². The van der Waals surface area contributed by atoms with E-state index in [1.165, 1.54) is 6.08 Å². The Morgan fingerprint density at radius 2 is 2.18 bits per heavy atom. The van der Waals surface area contributed by atoms with Crippen molar-refractivity contribution in [3.8, 4) is 0 Å². The molecule has 1 N–H and O–H groups in total. The van der Waals surface area contributed by atoms with Crippen LogP contribution in [0.5, 0.6) is 0 Å². The summed E-state index contributed by atoms with van der Waals surface area (Å²) in [6, 6.07) is 7.82. The minimum Gasteiger partial charge on any atom is -0.355 e. The maximum atomic E-state index is 10.3. The van der Waals surface area contributed by atoms with Gasteiger partial charge in [0.05, 0.1) is 4.92 Å². The molecule has 0 radical (unpaired) electrons. The van der Waals surface area contributed by atoms with Crippen LogP contribution in [0.1, 0.15) is 11.3 Å². The van der Waals surface area contributed by atoms with Gasteiger partial charge in [0, 0.05) is 22.7 Å². The summed E-state index contributed by atoms with van der Waals surface area (Å²) in [6.45, 7) is 3.71. The number of nitro groups is 1. The third kappa shape index (κ3) is 2.25. The summed E-state index contributed by atoms with van der Waals surface area (Å²) in [7, 11) is 0. The van der Waals surface area contributed by atoms with Gasteiger partial charge in [-0.25, -0.2) is 0 Å². The van der Waals surface area contributed by atoms with Crippen molar-refractivity contribution >= 4 is 17.0 Å². The van der Waals surface area contributed by atoms with E-state index in [0.29, 0.717) is 6.42 Å². The van der Waals surface area contributed by atoms with E-state index in [4.69, 9.17) is 0 Å². The van der Waals surface area contributed by atoms with Crippen LogP contribution in [-0.4, -0.2) is 9.91 Å². The zero-order valence-electron chi connectivity index (χ0n) is 9.22. The molecule has 1 heterocycles. The topological polar surface area (TPSA) is 58.9 Å². The number of para-hydroxylation sites is 1. The predicted molar refractivity (Wildman–Crippen MR) is 68.2 cm³/mol. The number of allylic oxidation sites excluding steroid dienone is 1. The van der Waals surface area contributed by atoms with Gasteiger partial charge in [0.25, 0.3) is 0 Å². The van der Waals surface area contributed by atoms with Gasteiger partial charge in [-0.1, -0.05) is 24.3 Å². The second kappa shape index (κ2) is 4.65. The molecule has 0 amide bonds. The zero-order chi connectivity index (χ0) is 12.3. The van der Waals surface area contributed by atoms with Crippen LogP contribution in [0, 0.1) is 10.1 Å². The molecule has 0 fully saturated rings. The van der Waals surface area contributed by atoms with Crippen molar-refractivity contribution < 1.29 is 4.92 Å². The maximum Gasteiger partial charge on any atom is 0.236 e. The van der Waals surface area contributed by atoms with E-state index in [1.54, 1.807) is 6.08 Å². The Bertz CT molecular complexity index is 596. The Morgan fingerprint density at radius 3 is 2.88 bits per heavy atom. The number of nitrogens with one attached hydrogen (secondary N) is 1. The van der Waals surface area contributed by atoms with Crippen LogP contribution >= 0.6 is 0 Å². The van der Waals surface area contributed by atoms with E-state index in [2.05, 4.69) is 11.6 Å². The molecule has 86 valence electrons. The molecule has 0 aliphatic heterocycles. The van der Waals surface area contributed by atoms with Crippen LogP contribution in [0.2, 0.25) is 0 Å². The van der Waals surface area contributed by atoms with Gasteiger partial charge in [-0.15, -0.1) is 6.58 Å². The van der Waals surface area contributed by atoms with Crippen molar-refractivity contribution in [1.29, 1.82) is 0 Å². The van der Waals surface area contributed by atoms with Gasteiger partial charge < -0.3 is 4.98 Å². The Labute approximate surface area is 98.4 Å². The number of nitrogens with zero attached hydrogens (tertiary/aromatic N) is 1. The smallest absolute Gasteiger partial charge is 0.236 e. The van der Waals surface area contributed by atoms with Gasteiger partial charge in [0.15, 0.2) is 0 Å². The van der Waals surface area contributed by atoms with Gasteiger partial charge in [-0.05, 0) is 18.1 Å². The molecule has 0 aliphatic rings. The number of fused-ring (bicyclic) bond motifs is 1. The lowest BCUT2D eigenvalue weighted by Gasteiger charge is -1.95. The Morgan fingerprint density at radius 1 is 1.41 bits per heavy atom. The lowest BCUT2D eigenvalue weighted by atomic mass is 10.1. The van der Waals surface area contributed by atoms with Crippen molar-refractivity contribution in [1.82, 2.24) is 4.98 Å². The highest BCUT2D eigenvalue weighted by Crippen LogP contribution is 2.24. The number of benzene rings is 1. The number of hydrogen-bond donors (Lipinski definition) is 1. The summed E-state index contributed by atoms with van der Waals surface area (Å²) in [5.41, 5.74) is 2.78. The average Bonchev–Trinajstić information content (AvgIpc) is 2.66. The number of rotatable bonds is 4. The van der Waals surface area contributed by atoms with E-state index >= 15 is 0 Å². The summed E-state index contributed by atoms with van der Waals surface area (Å²) >= 11 is 0. The average molecular weight is 228 g/mol. The Balaban J connectivity index is 2.56. The Hall–Kier alpha value is -2.36. The first kappa shape index (κ1) is 11.1. The van der Waals surface area contributed by atoms with E-state index in [9.17, 15) is 10.1 Å². The molecule has 2 rings (SSSR count). The van der Waals surface area contributed by atoms with Gasteiger partial charge in [-0.3, -0.25) is 10.1 Å². The number of aromatic amines is 1. The van der Waals surface area contributed by atoms with Crippen LogP contribution in [0.4, 0.5) is 0 Å². The first-order valence-electron chi connectivity index (χ1n) is 5.24. The molecule has 1 aromatic heterocycles. The van der Waals surface area contributed by atoms with Crippen LogP contribution < -0.4 is 0 Å². The fraction of sp³-hybridized carbons (Fsp3) is 0.0769. The second-order valence-corrected chi connectivity index (χ2v) is 3.66. The van der Waals surface area contributed by atoms with E-state index in [1.807, 2.05) is 24.3 Å². The molecule has 0 aliphatic carbocycles. The van der Waals surface area contributed by atoms with Crippen LogP contribution in [0.15, 0.2) is 43.1 Å².